The molecule has 0 bridgehead atoms. The number of allylic oxidation sites excluding steroid dienone is 2. The Morgan fingerprint density at radius 2 is 0.931 bits per heavy atom. The lowest BCUT2D eigenvalue weighted by Crippen LogP contribution is -2.29. The highest BCUT2D eigenvalue weighted by Crippen LogP contribution is 2.30. The molecule has 9 aromatic rings. The summed E-state index contributed by atoms with van der Waals surface area (Å²) in [4.78, 5) is 38.0. The lowest BCUT2D eigenvalue weighted by molar-refractivity contribution is -0.275. The van der Waals surface area contributed by atoms with Gasteiger partial charge in [0.05, 0.1) is 42.0 Å². The molecule has 36 heteroatoms. The summed E-state index contributed by atoms with van der Waals surface area (Å²) in [6.45, 7) is 37.3. The molecule has 0 amide bonds. The third-order valence-corrected chi connectivity index (χ3v) is 20.5. The molecule has 0 spiro atoms. The molecular weight excluding hydrogens is 2140 g/mol. The fourth-order valence-electron chi connectivity index (χ4n) is 8.16. The second-order valence-electron chi connectivity index (χ2n) is 25.5. The van der Waals surface area contributed by atoms with Gasteiger partial charge in [0, 0.05) is 160 Å². The Bertz CT molecular complexity index is 4380. The first kappa shape index (κ1) is 112. The van der Waals surface area contributed by atoms with E-state index in [1.807, 2.05) is 105 Å². The van der Waals surface area contributed by atoms with Gasteiger partial charge in [-0.3, -0.25) is 33.2 Å². The van der Waals surface area contributed by atoms with E-state index >= 15 is 0 Å². The van der Waals surface area contributed by atoms with Crippen LogP contribution < -0.4 is 45.9 Å². The summed E-state index contributed by atoms with van der Waals surface area (Å²) in [6, 6.07) is 16.1. The van der Waals surface area contributed by atoms with Crippen molar-refractivity contribution in [3.8, 4) is 68.1 Å². The third-order valence-electron chi connectivity index (χ3n) is 15.2. The highest BCUT2D eigenvalue weighted by molar-refractivity contribution is 14.1. The minimum absolute atomic E-state index is 0.0715. The molecule has 2 aromatic carbocycles. The zero-order chi connectivity index (χ0) is 89.5. The van der Waals surface area contributed by atoms with Gasteiger partial charge in [-0.05, 0) is 168 Å². The summed E-state index contributed by atoms with van der Waals surface area (Å²) in [6.07, 6.45) is 11.2. The number of H-pyrrole nitrogens is 1. The van der Waals surface area contributed by atoms with Crippen LogP contribution in [0.2, 0.25) is 0 Å². The van der Waals surface area contributed by atoms with Crippen LogP contribution in [0.25, 0.3) is 39.1 Å². The molecule has 1 radical (unpaired) electrons. The van der Waals surface area contributed by atoms with Gasteiger partial charge in [-0.2, -0.15) is 15.3 Å². The van der Waals surface area contributed by atoms with Crippen molar-refractivity contribution in [2.75, 3.05) is 21.3 Å². The van der Waals surface area contributed by atoms with Crippen molar-refractivity contribution in [1.82, 2.24) is 48.9 Å². The highest BCUT2D eigenvalue weighted by Gasteiger charge is 2.32. The lowest BCUT2D eigenvalue weighted by Gasteiger charge is -2.12. The molecule has 116 heavy (non-hydrogen) atoms. The first-order chi connectivity index (χ1) is 54.0. The molecule has 5 unspecified atom stereocenters. The molecule has 0 fully saturated rings. The summed E-state index contributed by atoms with van der Waals surface area (Å²) in [5, 5.41) is 38.6. The Morgan fingerprint density at radius 3 is 1.23 bits per heavy atom. The average Bonchev–Trinajstić information content (AvgIpc) is 1.41. The van der Waals surface area contributed by atoms with Gasteiger partial charge in [0.2, 0.25) is 17.3 Å². The van der Waals surface area contributed by atoms with E-state index in [0.717, 1.165) is 127 Å². The van der Waals surface area contributed by atoms with Gasteiger partial charge < -0.3 is 49.4 Å². The number of benzene rings is 2. The van der Waals surface area contributed by atoms with Gasteiger partial charge >= 0.3 is 27.5 Å². The maximum Gasteiger partial charge on any atom is 0.573 e. The van der Waals surface area contributed by atoms with Crippen LogP contribution in [-0.2, 0) is 21.1 Å². The van der Waals surface area contributed by atoms with E-state index in [-0.39, 0.29) is 22.3 Å². The van der Waals surface area contributed by atoms with Crippen LogP contribution in [0.3, 0.4) is 0 Å². The maximum atomic E-state index is 12.4. The second kappa shape index (κ2) is 59.8. The number of aromatic nitrogens is 10. The molecule has 22 nitrogen and oxygen atoms in total. The number of pyridine rings is 4. The molecule has 7 heterocycles. The zero-order valence-corrected chi connectivity index (χ0v) is 82.8. The number of nitrogens with one attached hydrogen (secondary N) is 1. The Kier molecular flexibility index (Phi) is 57.9. The van der Waals surface area contributed by atoms with Gasteiger partial charge in [-0.1, -0.05) is 194 Å². The molecule has 0 aliphatic heterocycles. The van der Waals surface area contributed by atoms with Gasteiger partial charge in [0.1, 0.15) is 17.2 Å². The van der Waals surface area contributed by atoms with E-state index < -0.39 is 25.6 Å². The lowest BCUT2D eigenvalue weighted by atomic mass is 9.80. The molecule has 6 N–H and O–H groups in total. The van der Waals surface area contributed by atoms with Crippen LogP contribution in [-0.4, -0.2) is 139 Å². The van der Waals surface area contributed by atoms with Gasteiger partial charge in [-0.15, -0.1) is 26.3 Å². The minimum Gasteiger partial charge on any atom is -0.536 e. The number of hydrogen-bond acceptors (Lipinski definition) is 17. The number of aryl methyl sites for hydroxylation is 10. The summed E-state index contributed by atoms with van der Waals surface area (Å²) < 4.78 is 106. The molecule has 5 atom stereocenters. The molecule has 643 valence electrons. The molecule has 0 saturated heterocycles. The second-order valence-corrected chi connectivity index (χ2v) is 37.0. The third kappa shape index (κ3) is 49.1. The van der Waals surface area contributed by atoms with Crippen LogP contribution in [0, 0.1) is 48.5 Å². The fourth-order valence-corrected chi connectivity index (χ4v) is 8.37. The average molecular weight is 2250 g/mol. The molecule has 7 aromatic heterocycles. The van der Waals surface area contributed by atoms with E-state index in [1.165, 1.54) is 73.2 Å². The van der Waals surface area contributed by atoms with E-state index in [1.54, 1.807) is 68.4 Å². The summed E-state index contributed by atoms with van der Waals surface area (Å²) in [5.41, 5.74) is 18.9. The van der Waals surface area contributed by atoms with Crippen molar-refractivity contribution in [3.05, 3.63) is 186 Å². The van der Waals surface area contributed by atoms with Gasteiger partial charge in [0.25, 0.3) is 5.56 Å². The fraction of sp³-hybridized carbons (Fsp3) is 0.450. The maximum absolute atomic E-state index is 12.4. The Morgan fingerprint density at radius 1 is 0.578 bits per heavy atom. The predicted octanol–water partition coefficient (Wildman–Crippen LogP) is 20.2. The largest absolute Gasteiger partial charge is 0.573 e. The Labute approximate surface area is 758 Å². The SMILES string of the molecule is CCC(C)I.CCC(C)I.CCC(C)I.CCC(C)I.CCC(C)I.CN=CC(Br)=C(C)N.COc1cc(C)c(-c2cn(C)nc2C)cn1.COc1cc(C)c(O[B]O)cn1.Cc1cc(=O)[nH]cc1-c1cn(C)nc1C.Cc1cc(=O)n(-c2ccc(OC(F)(F)F)cc2)cc1-c1cn(C)nc1C.OB(O)c1ccc(OC(F)(F)F)cc1. The van der Waals surface area contributed by atoms with Gasteiger partial charge in [-0.25, -0.2) is 9.97 Å². The van der Waals surface area contributed by atoms with Crippen molar-refractivity contribution in [2.24, 2.45) is 31.9 Å². The Hall–Kier alpha value is -5.80. The number of aromatic amines is 1. The monoisotopic (exact) mass is 2250 g/mol. The van der Waals surface area contributed by atoms with Crippen LogP contribution in [0.1, 0.15) is 148 Å². The quantitative estimate of drug-likeness (QED) is 0.0186. The first-order valence-corrected chi connectivity index (χ1v) is 43.5. The standard InChI is InChI=1S/C18H16F3N3O2.C12H15N3O.C11H13N3O.C7H6BF3O3.C7H9BNO3.C5H9BrN2.5C4H9I/c1-11-8-17(25)24(10-15(11)16-9-23(3)22-12(16)2)13-4-6-14(7-5-13)26-18(19,20)21;1-8-5-12(16-4)13-6-10(8)11-7-15(3)14-9(11)2;1-7-4-11(15)12-5-9(7)10-6-14(3)13-8(10)2;9-7(10,11)14-6-3-1-5(2-4-6)8(12)13;1-5-3-7(11-2)9-4-6(5)12-8-10;1-4(7)5(6)3-8-2;5*1-3-4(2)5/h4-10H,1-3H3;5-7H,1-4H3;4-6H,1-3H3,(H,12,15);1-4,12-13H;3-4,10H,1-2H3;3H,7H2,1-2H3;5*4H,3H2,1-2H3. The molecule has 9 rings (SSSR count). The van der Waals surface area contributed by atoms with Crippen molar-refractivity contribution in [3.63, 3.8) is 0 Å². The minimum atomic E-state index is -4.76. The number of alkyl halides is 11. The number of rotatable bonds is 17. The van der Waals surface area contributed by atoms with E-state index in [2.05, 4.69) is 243 Å². The molecule has 0 aliphatic carbocycles. The number of aliphatic imine (C=N–C) groups is 1. The number of halogens is 12. The van der Waals surface area contributed by atoms with Crippen LogP contribution in [0.4, 0.5) is 26.3 Å². The smallest absolute Gasteiger partial charge is 0.536 e. The predicted molar refractivity (Wildman–Crippen MR) is 508 cm³/mol. The van der Waals surface area contributed by atoms with Crippen molar-refractivity contribution in [1.29, 1.82) is 0 Å². The zero-order valence-electron chi connectivity index (χ0n) is 70.4. The molecular formula is C80H113B2BrF6I5N12O10. The van der Waals surface area contributed by atoms with Crippen molar-refractivity contribution in [2.45, 2.75) is 189 Å². The highest BCUT2D eigenvalue weighted by atomic mass is 127. The summed E-state index contributed by atoms with van der Waals surface area (Å²) >= 11 is 15.2. The molecule has 0 aliphatic rings. The number of nitrogens with two attached hydrogens (primary N) is 1. The number of methoxy groups -OCH3 is 2. The van der Waals surface area contributed by atoms with Crippen LogP contribution >= 0.6 is 129 Å². The molecule has 0 saturated carbocycles. The van der Waals surface area contributed by atoms with Crippen LogP contribution in [0.15, 0.2) is 141 Å². The van der Waals surface area contributed by atoms with Gasteiger partial charge in [0.15, 0.2) is 0 Å². The van der Waals surface area contributed by atoms with E-state index in [9.17, 15) is 35.9 Å². The number of hydrogen-bond donors (Lipinski definition) is 5. The summed E-state index contributed by atoms with van der Waals surface area (Å²) in [5.74, 6) is 0.936. The summed E-state index contributed by atoms with van der Waals surface area (Å²) in [7, 11) is 9.40. The normalized spacial score (nSPS) is 12.0. The topological polar surface area (TPSA) is 279 Å². The number of nitrogens with zero attached hydrogens (tertiary/aromatic N) is 10. The first-order valence-electron chi connectivity index (χ1n) is 36.4. The Balaban J connectivity index is 0. The van der Waals surface area contributed by atoms with Crippen LogP contribution in [0.5, 0.6) is 29.0 Å². The number of ether oxygens (including phenoxy) is 4. The van der Waals surface area contributed by atoms with Crippen molar-refractivity contribution < 1.29 is 65.0 Å². The van der Waals surface area contributed by atoms with E-state index in [0.29, 0.717) is 30.9 Å². The van der Waals surface area contributed by atoms with Crippen molar-refractivity contribution >= 4 is 155 Å². The van der Waals surface area contributed by atoms with E-state index in [4.69, 9.17) is 34.9 Å².